The molecular weight excluding hydrogens is 322 g/mol. The van der Waals surface area contributed by atoms with Crippen molar-refractivity contribution in [2.45, 2.75) is 25.9 Å². The van der Waals surface area contributed by atoms with Crippen LogP contribution in [-0.2, 0) is 25.9 Å². The van der Waals surface area contributed by atoms with E-state index in [-0.39, 0.29) is 5.91 Å². The maximum Gasteiger partial charge on any atom is 0.264 e. The highest BCUT2D eigenvalue weighted by Gasteiger charge is 2.27. The molecule has 0 fully saturated rings. The van der Waals surface area contributed by atoms with Crippen molar-refractivity contribution in [1.82, 2.24) is 20.2 Å². The van der Waals surface area contributed by atoms with Crippen LogP contribution in [0.5, 0.6) is 0 Å². The predicted octanol–water partition coefficient (Wildman–Crippen LogP) is 1.45. The van der Waals surface area contributed by atoms with Gasteiger partial charge in [-0.2, -0.15) is 0 Å². The van der Waals surface area contributed by atoms with Crippen molar-refractivity contribution in [3.05, 3.63) is 39.0 Å². The lowest BCUT2D eigenvalue weighted by Crippen LogP contribution is -2.37. The first-order valence-electron chi connectivity index (χ1n) is 8.25. The molecular formula is C17H21N5OS. The lowest BCUT2D eigenvalue weighted by molar-refractivity contribution is 0.0738. The first kappa shape index (κ1) is 15.5. The average Bonchev–Trinajstić information content (AvgIpc) is 3.04. The molecule has 24 heavy (non-hydrogen) atoms. The Morgan fingerprint density at radius 2 is 2.21 bits per heavy atom. The number of fused-ring (bicyclic) bond motifs is 2. The molecule has 0 bridgehead atoms. The van der Waals surface area contributed by atoms with E-state index in [2.05, 4.69) is 21.4 Å². The summed E-state index contributed by atoms with van der Waals surface area (Å²) in [6.07, 6.45) is 3.43. The van der Waals surface area contributed by atoms with Crippen LogP contribution >= 0.6 is 11.3 Å². The Bertz CT molecular complexity index is 762. The molecule has 0 unspecified atom stereocenters. The Hall–Kier alpha value is -1.99. The Morgan fingerprint density at radius 1 is 1.33 bits per heavy atom. The predicted molar refractivity (Wildman–Crippen MR) is 94.5 cm³/mol. The van der Waals surface area contributed by atoms with E-state index in [1.807, 2.05) is 23.9 Å². The number of nitrogens with one attached hydrogen (secondary N) is 1. The third kappa shape index (κ3) is 2.67. The first-order valence-corrected chi connectivity index (χ1v) is 9.07. The maximum absolute atomic E-state index is 13.0. The third-order valence-corrected chi connectivity index (χ3v) is 5.87. The second-order valence-electron chi connectivity index (χ2n) is 6.48. The molecule has 0 aromatic carbocycles. The van der Waals surface area contributed by atoms with Gasteiger partial charge >= 0.3 is 0 Å². The number of hydrogen-bond donors (Lipinski definition) is 1. The van der Waals surface area contributed by atoms with Crippen molar-refractivity contribution in [2.24, 2.45) is 0 Å². The molecule has 1 amide bonds. The van der Waals surface area contributed by atoms with Crippen molar-refractivity contribution < 1.29 is 4.79 Å². The topological polar surface area (TPSA) is 61.4 Å². The lowest BCUT2D eigenvalue weighted by Gasteiger charge is -2.30. The Balaban J connectivity index is 1.60. The minimum atomic E-state index is 0.133. The fourth-order valence-electron chi connectivity index (χ4n) is 3.40. The molecule has 7 heteroatoms. The number of thiophene rings is 1. The summed E-state index contributed by atoms with van der Waals surface area (Å²) in [6, 6.07) is 2.07. The van der Waals surface area contributed by atoms with Gasteiger partial charge in [-0.3, -0.25) is 4.79 Å². The zero-order valence-electron chi connectivity index (χ0n) is 14.0. The van der Waals surface area contributed by atoms with Crippen LogP contribution < -0.4 is 10.2 Å². The lowest BCUT2D eigenvalue weighted by atomic mass is 10.1. The molecule has 6 nitrogen and oxygen atoms in total. The van der Waals surface area contributed by atoms with Crippen LogP contribution in [0.3, 0.4) is 0 Å². The van der Waals surface area contributed by atoms with Gasteiger partial charge in [0.2, 0.25) is 0 Å². The van der Waals surface area contributed by atoms with Gasteiger partial charge in [0.1, 0.15) is 12.1 Å². The molecule has 4 rings (SSSR count). The monoisotopic (exact) mass is 343 g/mol. The summed E-state index contributed by atoms with van der Waals surface area (Å²) < 4.78 is 0. The van der Waals surface area contributed by atoms with Crippen LogP contribution in [0.15, 0.2) is 12.4 Å². The van der Waals surface area contributed by atoms with Gasteiger partial charge in [-0.25, -0.2) is 9.97 Å². The number of aromatic nitrogens is 2. The summed E-state index contributed by atoms with van der Waals surface area (Å²) in [5.74, 6) is 1.04. The summed E-state index contributed by atoms with van der Waals surface area (Å²) in [4.78, 5) is 27.9. The first-order chi connectivity index (χ1) is 11.6. The van der Waals surface area contributed by atoms with Gasteiger partial charge < -0.3 is 15.1 Å². The molecule has 0 saturated heterocycles. The van der Waals surface area contributed by atoms with Crippen molar-refractivity contribution in [2.75, 3.05) is 32.1 Å². The van der Waals surface area contributed by atoms with Crippen LogP contribution in [0.1, 0.15) is 31.4 Å². The molecule has 2 aliphatic heterocycles. The van der Waals surface area contributed by atoms with Crippen molar-refractivity contribution in [1.29, 1.82) is 0 Å². The fourth-order valence-corrected chi connectivity index (χ4v) is 4.55. The third-order valence-electron chi connectivity index (χ3n) is 4.64. The highest BCUT2D eigenvalue weighted by Crippen LogP contribution is 2.29. The molecule has 0 spiro atoms. The van der Waals surface area contributed by atoms with E-state index >= 15 is 0 Å². The maximum atomic E-state index is 13.0. The second-order valence-corrected chi connectivity index (χ2v) is 7.62. The van der Waals surface area contributed by atoms with E-state index in [1.165, 1.54) is 10.4 Å². The van der Waals surface area contributed by atoms with E-state index in [1.54, 1.807) is 17.7 Å². The summed E-state index contributed by atoms with van der Waals surface area (Å²) in [6.45, 7) is 3.18. The zero-order chi connectivity index (χ0) is 16.7. The fraction of sp³-hybridized carbons (Fsp3) is 0.471. The largest absolute Gasteiger partial charge is 0.362 e. The van der Waals surface area contributed by atoms with E-state index < -0.39 is 0 Å². The molecule has 0 radical (unpaired) electrons. The normalized spacial score (nSPS) is 16.5. The number of carbonyl (C=O) groups excluding carboxylic acids is 1. The summed E-state index contributed by atoms with van der Waals surface area (Å²) in [7, 11) is 3.95. The van der Waals surface area contributed by atoms with Crippen LogP contribution in [0.2, 0.25) is 0 Å². The van der Waals surface area contributed by atoms with Crippen molar-refractivity contribution >= 4 is 23.1 Å². The smallest absolute Gasteiger partial charge is 0.264 e. The van der Waals surface area contributed by atoms with Gasteiger partial charge in [-0.05, 0) is 18.1 Å². The molecule has 0 atom stereocenters. The second kappa shape index (κ2) is 6.14. The van der Waals surface area contributed by atoms with Gasteiger partial charge in [0.15, 0.2) is 0 Å². The zero-order valence-corrected chi connectivity index (χ0v) is 14.8. The van der Waals surface area contributed by atoms with Crippen LogP contribution in [0, 0.1) is 0 Å². The Labute approximate surface area is 145 Å². The summed E-state index contributed by atoms with van der Waals surface area (Å²) >= 11 is 1.66. The van der Waals surface area contributed by atoms with E-state index in [0.717, 1.165) is 54.4 Å². The van der Waals surface area contributed by atoms with Crippen LogP contribution in [-0.4, -0.2) is 48.0 Å². The van der Waals surface area contributed by atoms with Crippen molar-refractivity contribution in [3.8, 4) is 0 Å². The molecule has 0 saturated carbocycles. The van der Waals surface area contributed by atoms with Crippen molar-refractivity contribution in [3.63, 3.8) is 0 Å². The van der Waals surface area contributed by atoms with Gasteiger partial charge in [0.05, 0.1) is 17.1 Å². The Morgan fingerprint density at radius 3 is 3.00 bits per heavy atom. The van der Waals surface area contributed by atoms with E-state index in [0.29, 0.717) is 6.54 Å². The van der Waals surface area contributed by atoms with E-state index in [9.17, 15) is 4.79 Å². The summed E-state index contributed by atoms with van der Waals surface area (Å²) in [5.41, 5.74) is 3.42. The molecule has 2 aromatic rings. The van der Waals surface area contributed by atoms with Gasteiger partial charge in [0, 0.05) is 50.6 Å². The number of rotatable bonds is 2. The minimum absolute atomic E-state index is 0.133. The summed E-state index contributed by atoms with van der Waals surface area (Å²) in [5, 5.41) is 3.37. The number of carbonyl (C=O) groups is 1. The van der Waals surface area contributed by atoms with Gasteiger partial charge in [0.25, 0.3) is 5.91 Å². The van der Waals surface area contributed by atoms with Crippen LogP contribution in [0.4, 0.5) is 5.82 Å². The number of amides is 1. The molecule has 0 aliphatic carbocycles. The Kier molecular flexibility index (Phi) is 3.97. The van der Waals surface area contributed by atoms with Gasteiger partial charge in [-0.1, -0.05) is 0 Å². The minimum Gasteiger partial charge on any atom is -0.362 e. The number of anilines is 1. The molecule has 2 aromatic heterocycles. The quantitative estimate of drug-likeness (QED) is 0.894. The molecule has 2 aliphatic rings. The SMILES string of the molecule is CN(C)c1ncnc2c1CN(C(=O)c1cc3c(s1)CCNC3)CC2. The molecule has 4 heterocycles. The molecule has 126 valence electrons. The van der Waals surface area contributed by atoms with E-state index in [4.69, 9.17) is 0 Å². The average molecular weight is 343 g/mol. The highest BCUT2D eigenvalue weighted by molar-refractivity contribution is 7.14. The van der Waals surface area contributed by atoms with Crippen LogP contribution in [0.25, 0.3) is 0 Å². The standard InChI is InChI=1S/C17H21N5OS/c1-21(2)16-12-9-22(6-4-13(12)19-10-20-16)17(23)15-7-11-8-18-5-3-14(11)24-15/h7,10,18H,3-6,8-9H2,1-2H3. The number of nitrogens with zero attached hydrogens (tertiary/aromatic N) is 4. The highest BCUT2D eigenvalue weighted by atomic mass is 32.1. The molecule has 1 N–H and O–H groups in total. The number of hydrogen-bond acceptors (Lipinski definition) is 6. The van der Waals surface area contributed by atoms with Gasteiger partial charge in [-0.15, -0.1) is 11.3 Å².